The highest BCUT2D eigenvalue weighted by Gasteiger charge is 2.23. The van der Waals surface area contributed by atoms with Gasteiger partial charge in [-0.15, -0.1) is 0 Å². The fourth-order valence-corrected chi connectivity index (χ4v) is 3.43. The minimum absolute atomic E-state index is 0.0694. The van der Waals surface area contributed by atoms with Gasteiger partial charge in [-0.1, -0.05) is 0 Å². The minimum atomic E-state index is -3.73. The normalized spacial score (nSPS) is 15.4. The van der Waals surface area contributed by atoms with Gasteiger partial charge in [0, 0.05) is 18.2 Å². The van der Waals surface area contributed by atoms with Crippen LogP contribution < -0.4 is 10.0 Å². The molecule has 0 aromatic heterocycles. The number of anilines is 1. The molecule has 0 fully saturated rings. The number of carbonyl (C=O) groups is 2. The van der Waals surface area contributed by atoms with Crippen LogP contribution in [0.4, 0.5) is 5.69 Å². The number of hydrogen-bond donors (Lipinski definition) is 3. The van der Waals surface area contributed by atoms with Crippen molar-refractivity contribution in [1.29, 1.82) is 0 Å². The molecule has 0 radical (unpaired) electrons. The summed E-state index contributed by atoms with van der Waals surface area (Å²) in [6, 6.07) is 3.94. The van der Waals surface area contributed by atoms with Gasteiger partial charge in [-0.3, -0.25) is 9.59 Å². The molecular weight excluding hydrogens is 296 g/mol. The number of nitrogens with one attached hydrogen (secondary N) is 2. The highest BCUT2D eigenvalue weighted by molar-refractivity contribution is 7.89. The molecule has 2 rings (SSSR count). The molecule has 21 heavy (non-hydrogen) atoms. The maximum Gasteiger partial charge on any atom is 0.303 e. The van der Waals surface area contributed by atoms with Crippen LogP contribution in [-0.4, -0.2) is 31.4 Å². The van der Waals surface area contributed by atoms with Gasteiger partial charge in [0.2, 0.25) is 15.9 Å². The van der Waals surface area contributed by atoms with Gasteiger partial charge in [0.25, 0.3) is 0 Å². The van der Waals surface area contributed by atoms with Crippen molar-refractivity contribution >= 4 is 27.6 Å². The first-order valence-corrected chi connectivity index (χ1v) is 7.93. The first kappa shape index (κ1) is 15.5. The number of sulfonamides is 1. The van der Waals surface area contributed by atoms with Gasteiger partial charge >= 0.3 is 5.97 Å². The summed E-state index contributed by atoms with van der Waals surface area (Å²) in [5.41, 5.74) is 1.26. The number of rotatable bonds is 6. The first-order valence-electron chi connectivity index (χ1n) is 6.45. The Morgan fingerprint density at radius 3 is 2.86 bits per heavy atom. The second-order valence-corrected chi connectivity index (χ2v) is 6.71. The molecule has 3 N–H and O–H groups in total. The smallest absolute Gasteiger partial charge is 0.303 e. The summed E-state index contributed by atoms with van der Waals surface area (Å²) < 4.78 is 26.8. The first-order chi connectivity index (χ1) is 9.78. The molecule has 7 nitrogen and oxygen atoms in total. The van der Waals surface area contributed by atoms with Crippen LogP contribution in [0, 0.1) is 0 Å². The molecular formula is C13H16N2O5S. The Kier molecular flexibility index (Phi) is 4.29. The minimum Gasteiger partial charge on any atom is -0.481 e. The standard InChI is InChI=1S/C13H16N2O5S/c1-8(2-5-13(17)18)15-21(19,20)10-3-4-11-9(6-10)7-12(16)14-11/h3-4,6,8,15H,2,5,7H2,1H3,(H,14,16)(H,17,18). The van der Waals surface area contributed by atoms with Crippen molar-refractivity contribution in [2.24, 2.45) is 0 Å². The van der Waals surface area contributed by atoms with Crippen LogP contribution >= 0.6 is 0 Å². The topological polar surface area (TPSA) is 113 Å². The van der Waals surface area contributed by atoms with Gasteiger partial charge in [-0.05, 0) is 37.1 Å². The van der Waals surface area contributed by atoms with E-state index >= 15 is 0 Å². The third-order valence-corrected chi connectivity index (χ3v) is 4.75. The maximum atomic E-state index is 12.2. The highest BCUT2D eigenvalue weighted by Crippen LogP contribution is 2.25. The molecule has 0 spiro atoms. The number of carboxylic acids is 1. The third kappa shape index (κ3) is 3.79. The predicted molar refractivity (Wildman–Crippen MR) is 75.4 cm³/mol. The number of hydrogen-bond acceptors (Lipinski definition) is 4. The fraction of sp³-hybridized carbons (Fsp3) is 0.385. The van der Waals surface area contributed by atoms with E-state index in [-0.39, 0.29) is 30.1 Å². The molecule has 8 heteroatoms. The number of carbonyl (C=O) groups excluding carboxylic acids is 1. The van der Waals surface area contributed by atoms with Gasteiger partial charge in [0.15, 0.2) is 0 Å². The van der Waals surface area contributed by atoms with Gasteiger partial charge < -0.3 is 10.4 Å². The van der Waals surface area contributed by atoms with E-state index in [1.807, 2.05) is 0 Å². The van der Waals surface area contributed by atoms with Crippen molar-refractivity contribution in [1.82, 2.24) is 4.72 Å². The molecule has 1 atom stereocenters. The summed E-state index contributed by atoms with van der Waals surface area (Å²) in [4.78, 5) is 21.8. The summed E-state index contributed by atoms with van der Waals surface area (Å²) in [5.74, 6) is -1.13. The Morgan fingerprint density at radius 2 is 2.19 bits per heavy atom. The predicted octanol–water partition coefficient (Wildman–Crippen LogP) is 0.713. The third-order valence-electron chi connectivity index (χ3n) is 3.16. The van der Waals surface area contributed by atoms with E-state index in [0.717, 1.165) is 0 Å². The van der Waals surface area contributed by atoms with Crippen LogP contribution in [0.1, 0.15) is 25.3 Å². The van der Waals surface area contributed by atoms with Crippen LogP contribution in [-0.2, 0) is 26.0 Å². The zero-order valence-corrected chi connectivity index (χ0v) is 12.2. The number of amides is 1. The van der Waals surface area contributed by atoms with Gasteiger partial charge in [0.05, 0.1) is 11.3 Å². The van der Waals surface area contributed by atoms with Crippen LogP contribution in [0.5, 0.6) is 0 Å². The van der Waals surface area contributed by atoms with E-state index in [2.05, 4.69) is 10.0 Å². The van der Waals surface area contributed by atoms with Crippen molar-refractivity contribution in [3.8, 4) is 0 Å². The van der Waals surface area contributed by atoms with E-state index in [9.17, 15) is 18.0 Å². The molecule has 0 aliphatic carbocycles. The Bertz CT molecular complexity index is 684. The van der Waals surface area contributed by atoms with Crippen molar-refractivity contribution in [3.05, 3.63) is 23.8 Å². The molecule has 1 aliphatic rings. The molecule has 1 aromatic carbocycles. The summed E-state index contributed by atoms with van der Waals surface area (Å²) in [6.07, 6.45) is 0.263. The largest absolute Gasteiger partial charge is 0.481 e. The van der Waals surface area contributed by atoms with Crippen LogP contribution in [0.2, 0.25) is 0 Å². The lowest BCUT2D eigenvalue weighted by Crippen LogP contribution is -2.33. The molecule has 1 aromatic rings. The van der Waals surface area contributed by atoms with Crippen LogP contribution in [0.3, 0.4) is 0 Å². The van der Waals surface area contributed by atoms with E-state index in [0.29, 0.717) is 11.3 Å². The zero-order valence-electron chi connectivity index (χ0n) is 11.4. The van der Waals surface area contributed by atoms with Crippen molar-refractivity contribution in [2.45, 2.75) is 37.1 Å². The van der Waals surface area contributed by atoms with Crippen molar-refractivity contribution in [3.63, 3.8) is 0 Å². The average molecular weight is 312 g/mol. The van der Waals surface area contributed by atoms with Crippen LogP contribution in [0.25, 0.3) is 0 Å². The van der Waals surface area contributed by atoms with Gasteiger partial charge in [0.1, 0.15) is 0 Å². The van der Waals surface area contributed by atoms with E-state index in [4.69, 9.17) is 5.11 Å². The molecule has 114 valence electrons. The van der Waals surface area contributed by atoms with Gasteiger partial charge in [-0.2, -0.15) is 0 Å². The van der Waals surface area contributed by atoms with E-state index in [1.165, 1.54) is 12.1 Å². The highest BCUT2D eigenvalue weighted by atomic mass is 32.2. The molecule has 1 heterocycles. The lowest BCUT2D eigenvalue weighted by molar-refractivity contribution is -0.137. The molecule has 0 bridgehead atoms. The zero-order chi connectivity index (χ0) is 15.6. The lowest BCUT2D eigenvalue weighted by Gasteiger charge is -2.13. The monoisotopic (exact) mass is 312 g/mol. The molecule has 0 saturated heterocycles. The summed E-state index contributed by atoms with van der Waals surface area (Å²) in [6.45, 7) is 1.61. The number of aliphatic carboxylic acids is 1. The quantitative estimate of drug-likeness (QED) is 0.716. The number of fused-ring (bicyclic) bond motifs is 1. The lowest BCUT2D eigenvalue weighted by atomic mass is 10.2. The maximum absolute atomic E-state index is 12.2. The Balaban J connectivity index is 2.11. The molecule has 1 aliphatic heterocycles. The second kappa shape index (κ2) is 5.82. The van der Waals surface area contributed by atoms with Crippen molar-refractivity contribution in [2.75, 3.05) is 5.32 Å². The van der Waals surface area contributed by atoms with Gasteiger partial charge in [-0.25, -0.2) is 13.1 Å². The number of carboxylic acid groups (broad SMARTS) is 1. The Morgan fingerprint density at radius 1 is 1.48 bits per heavy atom. The second-order valence-electron chi connectivity index (χ2n) is 5.00. The summed E-state index contributed by atoms with van der Waals surface area (Å²) in [7, 11) is -3.73. The van der Waals surface area contributed by atoms with Crippen molar-refractivity contribution < 1.29 is 23.1 Å². The summed E-state index contributed by atoms with van der Waals surface area (Å²) >= 11 is 0. The van der Waals surface area contributed by atoms with E-state index in [1.54, 1.807) is 13.0 Å². The SMILES string of the molecule is CC(CCC(=O)O)NS(=O)(=O)c1ccc2c(c1)CC(=O)N2. The molecule has 0 saturated carbocycles. The number of benzene rings is 1. The Labute approximate surface area is 122 Å². The van der Waals surface area contributed by atoms with Crippen LogP contribution in [0.15, 0.2) is 23.1 Å². The summed E-state index contributed by atoms with van der Waals surface area (Å²) in [5, 5.41) is 11.2. The molecule has 1 amide bonds. The average Bonchev–Trinajstić information content (AvgIpc) is 2.74. The fourth-order valence-electron chi connectivity index (χ4n) is 2.10. The Hall–Kier alpha value is -1.93. The van der Waals surface area contributed by atoms with E-state index < -0.39 is 22.0 Å². The molecule has 1 unspecified atom stereocenters.